The molecule has 0 fully saturated rings. The maximum Gasteiger partial charge on any atom is 0.336 e. The van der Waals surface area contributed by atoms with E-state index in [0.29, 0.717) is 22.8 Å². The summed E-state index contributed by atoms with van der Waals surface area (Å²) >= 11 is 0. The molecule has 0 saturated carbocycles. The topological polar surface area (TPSA) is 90.1 Å². The zero-order chi connectivity index (χ0) is 22.1. The smallest absolute Gasteiger partial charge is 0.336 e. The van der Waals surface area contributed by atoms with Gasteiger partial charge in [-0.05, 0) is 66.9 Å². The Morgan fingerprint density at radius 1 is 1.10 bits per heavy atom. The van der Waals surface area contributed by atoms with Gasteiger partial charge in [-0.3, -0.25) is 4.79 Å². The number of nitrogens with one attached hydrogen (secondary N) is 1. The summed E-state index contributed by atoms with van der Waals surface area (Å²) in [6.45, 7) is 3.77. The van der Waals surface area contributed by atoms with Gasteiger partial charge in [-0.25, -0.2) is 10.2 Å². The van der Waals surface area contributed by atoms with E-state index >= 15 is 0 Å². The number of nitrogens with zero attached hydrogens (tertiary/aromatic N) is 1. The molecule has 0 radical (unpaired) electrons. The van der Waals surface area contributed by atoms with Gasteiger partial charge in [0.15, 0.2) is 6.61 Å². The van der Waals surface area contributed by atoms with Crippen molar-refractivity contribution in [2.75, 3.05) is 6.61 Å². The largest absolute Gasteiger partial charge is 0.483 e. The Morgan fingerprint density at radius 2 is 1.94 bits per heavy atom. The zero-order valence-corrected chi connectivity index (χ0v) is 17.2. The molecule has 0 aliphatic heterocycles. The van der Waals surface area contributed by atoms with Gasteiger partial charge in [0.25, 0.3) is 5.91 Å². The molecular weight excluding hydrogens is 396 g/mol. The summed E-state index contributed by atoms with van der Waals surface area (Å²) in [6, 6.07) is 15.9. The van der Waals surface area contributed by atoms with Crippen LogP contribution in [-0.4, -0.2) is 24.7 Å². The van der Waals surface area contributed by atoms with E-state index in [9.17, 15) is 9.59 Å². The minimum Gasteiger partial charge on any atom is -0.483 e. The first-order chi connectivity index (χ1) is 15.0. The van der Waals surface area contributed by atoms with Crippen molar-refractivity contribution in [2.45, 2.75) is 13.8 Å². The quantitative estimate of drug-likeness (QED) is 0.196. The predicted octanol–water partition coefficient (Wildman–Crippen LogP) is 4.04. The Morgan fingerprint density at radius 3 is 2.74 bits per heavy atom. The highest BCUT2D eigenvalue weighted by molar-refractivity contribution is 5.89. The molecule has 0 bridgehead atoms. The standard InChI is InChI=1S/C24H22N2O5/c1-17-6-3-10-22(18(17)2)30-16-23(27)26-25-15-19-7-4-8-21(14-19)31-24(28)12-11-20-9-5-13-29-20/h3-15H,16H2,1-2H3,(H,26,27)/b12-11+,25-15-. The molecule has 3 aromatic rings. The first-order valence-electron chi connectivity index (χ1n) is 9.55. The highest BCUT2D eigenvalue weighted by Crippen LogP contribution is 2.20. The number of hydrogen-bond acceptors (Lipinski definition) is 6. The van der Waals surface area contributed by atoms with Gasteiger partial charge in [-0.15, -0.1) is 0 Å². The number of ether oxygens (including phenoxy) is 2. The molecular formula is C24H22N2O5. The maximum absolute atomic E-state index is 12.0. The molecule has 2 aromatic carbocycles. The molecule has 1 aromatic heterocycles. The summed E-state index contributed by atoms with van der Waals surface area (Å²) in [7, 11) is 0. The number of rotatable bonds is 8. The van der Waals surface area contributed by atoms with Gasteiger partial charge >= 0.3 is 5.97 Å². The molecule has 1 amide bonds. The van der Waals surface area contributed by atoms with Crippen molar-refractivity contribution in [3.05, 3.63) is 89.4 Å². The lowest BCUT2D eigenvalue weighted by atomic mass is 10.1. The van der Waals surface area contributed by atoms with Crippen molar-refractivity contribution in [1.82, 2.24) is 5.43 Å². The lowest BCUT2D eigenvalue weighted by Crippen LogP contribution is -2.24. The first-order valence-corrected chi connectivity index (χ1v) is 9.55. The van der Waals surface area contributed by atoms with Crippen molar-refractivity contribution >= 4 is 24.2 Å². The molecule has 158 valence electrons. The Bertz CT molecular complexity index is 1100. The van der Waals surface area contributed by atoms with Crippen LogP contribution in [0.3, 0.4) is 0 Å². The van der Waals surface area contributed by atoms with Crippen LogP contribution in [0.5, 0.6) is 11.5 Å². The predicted molar refractivity (Wildman–Crippen MR) is 117 cm³/mol. The molecule has 3 rings (SSSR count). The van der Waals surface area contributed by atoms with E-state index in [0.717, 1.165) is 11.1 Å². The van der Waals surface area contributed by atoms with Crippen LogP contribution in [0.1, 0.15) is 22.5 Å². The normalized spacial score (nSPS) is 11.0. The highest BCUT2D eigenvalue weighted by atomic mass is 16.5. The second-order valence-electron chi connectivity index (χ2n) is 6.62. The zero-order valence-electron chi connectivity index (χ0n) is 17.2. The number of carbonyl (C=O) groups is 2. The maximum atomic E-state index is 12.0. The fraction of sp³-hybridized carbons (Fsp3) is 0.125. The molecule has 0 saturated heterocycles. The average Bonchev–Trinajstić information content (AvgIpc) is 3.27. The van der Waals surface area contributed by atoms with Gasteiger partial charge in [0, 0.05) is 6.08 Å². The van der Waals surface area contributed by atoms with Gasteiger partial charge in [-0.2, -0.15) is 5.10 Å². The third kappa shape index (κ3) is 6.71. The SMILES string of the molecule is Cc1cccc(OCC(=O)N/N=C\c2cccc(OC(=O)/C=C/c3ccco3)c2)c1C. The second kappa shape index (κ2) is 10.6. The summed E-state index contributed by atoms with van der Waals surface area (Å²) in [5.41, 5.74) is 5.14. The second-order valence-corrected chi connectivity index (χ2v) is 6.62. The van der Waals surface area contributed by atoms with E-state index in [1.165, 1.54) is 24.6 Å². The number of benzene rings is 2. The van der Waals surface area contributed by atoms with Crippen LogP contribution in [0.4, 0.5) is 0 Å². The van der Waals surface area contributed by atoms with Gasteiger partial charge in [0.1, 0.15) is 17.3 Å². The molecule has 31 heavy (non-hydrogen) atoms. The van der Waals surface area contributed by atoms with Crippen LogP contribution in [0.2, 0.25) is 0 Å². The summed E-state index contributed by atoms with van der Waals surface area (Å²) in [6.07, 6.45) is 5.76. The van der Waals surface area contributed by atoms with Gasteiger partial charge in [0.05, 0.1) is 12.5 Å². The van der Waals surface area contributed by atoms with Crippen LogP contribution >= 0.6 is 0 Å². The Labute approximate surface area is 180 Å². The van der Waals surface area contributed by atoms with Crippen LogP contribution in [0.25, 0.3) is 6.08 Å². The van der Waals surface area contributed by atoms with E-state index in [1.54, 1.807) is 36.4 Å². The molecule has 0 aliphatic carbocycles. The number of aryl methyl sites for hydroxylation is 1. The van der Waals surface area contributed by atoms with Crippen molar-refractivity contribution in [2.24, 2.45) is 5.10 Å². The van der Waals surface area contributed by atoms with Crippen LogP contribution in [0, 0.1) is 13.8 Å². The van der Waals surface area contributed by atoms with E-state index in [-0.39, 0.29) is 12.5 Å². The minimum atomic E-state index is -0.539. The minimum absolute atomic E-state index is 0.151. The molecule has 0 aliphatic rings. The Balaban J connectivity index is 1.49. The first kappa shape index (κ1) is 21.6. The molecule has 7 nitrogen and oxygen atoms in total. The van der Waals surface area contributed by atoms with Gasteiger partial charge in [-0.1, -0.05) is 24.3 Å². The fourth-order valence-electron chi connectivity index (χ4n) is 2.58. The summed E-state index contributed by atoms with van der Waals surface area (Å²) < 4.78 is 15.9. The van der Waals surface area contributed by atoms with E-state index in [4.69, 9.17) is 13.9 Å². The molecule has 0 atom stereocenters. The van der Waals surface area contributed by atoms with Crippen LogP contribution in [-0.2, 0) is 9.59 Å². The third-order valence-electron chi connectivity index (χ3n) is 4.32. The van der Waals surface area contributed by atoms with Crippen LogP contribution < -0.4 is 14.9 Å². The lowest BCUT2D eigenvalue weighted by molar-refractivity contribution is -0.129. The lowest BCUT2D eigenvalue weighted by Gasteiger charge is -2.09. The van der Waals surface area contributed by atoms with Crippen molar-refractivity contribution in [3.63, 3.8) is 0 Å². The van der Waals surface area contributed by atoms with Crippen molar-refractivity contribution < 1.29 is 23.5 Å². The monoisotopic (exact) mass is 418 g/mol. The summed E-state index contributed by atoms with van der Waals surface area (Å²) in [4.78, 5) is 23.9. The van der Waals surface area contributed by atoms with E-state index in [1.807, 2.05) is 32.0 Å². The summed E-state index contributed by atoms with van der Waals surface area (Å²) in [5.74, 6) is 0.637. The number of carbonyl (C=O) groups excluding carboxylic acids is 2. The Kier molecular flexibility index (Phi) is 7.37. The van der Waals surface area contributed by atoms with E-state index in [2.05, 4.69) is 10.5 Å². The summed E-state index contributed by atoms with van der Waals surface area (Å²) in [5, 5.41) is 3.91. The molecule has 7 heteroatoms. The fourth-order valence-corrected chi connectivity index (χ4v) is 2.58. The molecule has 0 spiro atoms. The number of hydrazone groups is 1. The van der Waals surface area contributed by atoms with Gasteiger partial charge in [0.2, 0.25) is 0 Å². The molecule has 1 N–H and O–H groups in total. The van der Waals surface area contributed by atoms with Crippen LogP contribution in [0.15, 0.2) is 76.5 Å². The Hall–Kier alpha value is -4.13. The van der Waals surface area contributed by atoms with Crippen molar-refractivity contribution in [3.8, 4) is 11.5 Å². The van der Waals surface area contributed by atoms with Crippen molar-refractivity contribution in [1.29, 1.82) is 0 Å². The molecule has 1 heterocycles. The molecule has 0 unspecified atom stereocenters. The number of hydrogen-bond donors (Lipinski definition) is 1. The number of amides is 1. The number of furan rings is 1. The average molecular weight is 418 g/mol. The number of esters is 1. The highest BCUT2D eigenvalue weighted by Gasteiger charge is 2.05. The van der Waals surface area contributed by atoms with E-state index < -0.39 is 5.97 Å². The third-order valence-corrected chi connectivity index (χ3v) is 4.32. The van der Waals surface area contributed by atoms with Gasteiger partial charge < -0.3 is 13.9 Å².